The van der Waals surface area contributed by atoms with Gasteiger partial charge in [0.25, 0.3) is 6.43 Å². The van der Waals surface area contributed by atoms with Gasteiger partial charge in [-0.05, 0) is 26.0 Å². The summed E-state index contributed by atoms with van der Waals surface area (Å²) in [6.45, 7) is 6.57. The minimum atomic E-state index is -2.41. The molecule has 1 aromatic rings. The van der Waals surface area contributed by atoms with Gasteiger partial charge in [0.2, 0.25) is 0 Å². The van der Waals surface area contributed by atoms with Gasteiger partial charge in [-0.15, -0.1) is 0 Å². The lowest BCUT2D eigenvalue weighted by molar-refractivity contribution is 0.00933. The Balaban J connectivity index is 2.70. The topological polar surface area (TPSA) is 21.3 Å². The Morgan fingerprint density at radius 1 is 1.11 bits per heavy atom. The Kier molecular flexibility index (Phi) is 6.22. The summed E-state index contributed by atoms with van der Waals surface area (Å²) in [4.78, 5) is 0. The summed E-state index contributed by atoms with van der Waals surface area (Å²) >= 11 is 0. The maximum Gasteiger partial charge on any atom is 0.261 e. The van der Waals surface area contributed by atoms with Gasteiger partial charge in [0, 0.05) is 0 Å². The van der Waals surface area contributed by atoms with Crippen LogP contribution in [0.4, 0.5) is 8.78 Å². The normalized spacial score (nSPS) is 13.0. The second-order valence-electron chi connectivity index (χ2n) is 4.46. The maximum absolute atomic E-state index is 12.1. The smallest absolute Gasteiger partial charge is 0.261 e. The first kappa shape index (κ1) is 15.1. The summed E-state index contributed by atoms with van der Waals surface area (Å²) in [6, 6.07) is 6.18. The third-order valence-electron chi connectivity index (χ3n) is 2.63. The molecule has 18 heavy (non-hydrogen) atoms. The number of ether oxygens (including phenoxy) is 1. The van der Waals surface area contributed by atoms with Crippen LogP contribution in [0.15, 0.2) is 18.2 Å². The average molecular weight is 257 g/mol. The van der Waals surface area contributed by atoms with E-state index in [1.807, 2.05) is 20.8 Å². The van der Waals surface area contributed by atoms with Crippen molar-refractivity contribution in [2.45, 2.75) is 33.2 Å². The number of nitrogens with one attached hydrogen (secondary N) is 1. The molecular formula is C14H21F2NO. The maximum atomic E-state index is 12.1. The summed E-state index contributed by atoms with van der Waals surface area (Å²) in [5.41, 5.74) is 3.42. The van der Waals surface area contributed by atoms with Crippen molar-refractivity contribution in [2.24, 2.45) is 0 Å². The van der Waals surface area contributed by atoms with Crippen molar-refractivity contribution >= 4 is 0 Å². The fraction of sp³-hybridized carbons (Fsp3) is 0.571. The van der Waals surface area contributed by atoms with Crippen molar-refractivity contribution < 1.29 is 13.5 Å². The van der Waals surface area contributed by atoms with Crippen molar-refractivity contribution in [2.75, 3.05) is 19.8 Å². The fourth-order valence-corrected chi connectivity index (χ4v) is 2.01. The fourth-order valence-electron chi connectivity index (χ4n) is 2.01. The average Bonchev–Trinajstić information content (AvgIpc) is 2.26. The Bertz CT molecular complexity index is 349. The van der Waals surface area contributed by atoms with Crippen molar-refractivity contribution in [1.82, 2.24) is 5.32 Å². The lowest BCUT2D eigenvalue weighted by Crippen LogP contribution is -2.26. The summed E-state index contributed by atoms with van der Waals surface area (Å²) in [5.74, 6) is 0. The third kappa shape index (κ3) is 5.10. The van der Waals surface area contributed by atoms with Crippen molar-refractivity contribution in [1.29, 1.82) is 0 Å². The lowest BCUT2D eigenvalue weighted by Gasteiger charge is -2.19. The first-order valence-corrected chi connectivity index (χ1v) is 6.20. The van der Waals surface area contributed by atoms with E-state index in [9.17, 15) is 8.78 Å². The molecule has 0 aliphatic carbocycles. The Hall–Kier alpha value is -1.00. The molecule has 4 heteroatoms. The molecule has 2 nitrogen and oxygen atoms in total. The van der Waals surface area contributed by atoms with Crippen LogP contribution < -0.4 is 5.32 Å². The summed E-state index contributed by atoms with van der Waals surface area (Å²) in [5, 5.41) is 3.26. The molecule has 0 aliphatic rings. The first-order chi connectivity index (χ1) is 8.52. The SMILES string of the molecule is CCNC(COCC(F)F)c1cc(C)cc(C)c1. The molecule has 0 spiro atoms. The summed E-state index contributed by atoms with van der Waals surface area (Å²) < 4.78 is 29.1. The number of hydrogen-bond donors (Lipinski definition) is 1. The van der Waals surface area contributed by atoms with Crippen LogP contribution >= 0.6 is 0 Å². The standard InChI is InChI=1S/C14H21F2NO/c1-4-17-13(8-18-9-14(15)16)12-6-10(2)5-11(3)7-12/h5-7,13-14,17H,4,8-9H2,1-3H3. The van der Waals surface area contributed by atoms with Crippen LogP contribution in [0.3, 0.4) is 0 Å². The van der Waals surface area contributed by atoms with Crippen LogP contribution in [0.5, 0.6) is 0 Å². The van der Waals surface area contributed by atoms with E-state index in [1.54, 1.807) is 0 Å². The molecule has 0 amide bonds. The van der Waals surface area contributed by atoms with E-state index in [-0.39, 0.29) is 12.6 Å². The molecule has 0 aliphatic heterocycles. The van der Waals surface area contributed by atoms with E-state index in [0.29, 0.717) is 0 Å². The van der Waals surface area contributed by atoms with Crippen LogP contribution in [-0.4, -0.2) is 26.2 Å². The number of likely N-dealkylation sites (N-methyl/N-ethyl adjacent to an activating group) is 1. The molecule has 102 valence electrons. The summed E-state index contributed by atoms with van der Waals surface area (Å²) in [6.07, 6.45) is -2.41. The van der Waals surface area contributed by atoms with Crippen LogP contribution in [0.25, 0.3) is 0 Å². The molecule has 0 fully saturated rings. The monoisotopic (exact) mass is 257 g/mol. The number of halogens is 2. The number of aryl methyl sites for hydroxylation is 2. The highest BCUT2D eigenvalue weighted by Crippen LogP contribution is 2.17. The number of alkyl halides is 2. The first-order valence-electron chi connectivity index (χ1n) is 6.20. The highest BCUT2D eigenvalue weighted by atomic mass is 19.3. The number of hydrogen-bond acceptors (Lipinski definition) is 2. The Morgan fingerprint density at radius 3 is 2.22 bits per heavy atom. The van der Waals surface area contributed by atoms with E-state index in [2.05, 4.69) is 23.5 Å². The third-order valence-corrected chi connectivity index (χ3v) is 2.63. The quantitative estimate of drug-likeness (QED) is 0.809. The molecule has 1 unspecified atom stereocenters. The van der Waals surface area contributed by atoms with Crippen molar-refractivity contribution in [3.05, 3.63) is 34.9 Å². The van der Waals surface area contributed by atoms with Gasteiger partial charge >= 0.3 is 0 Å². The summed E-state index contributed by atoms with van der Waals surface area (Å²) in [7, 11) is 0. The van der Waals surface area contributed by atoms with Crippen LogP contribution in [-0.2, 0) is 4.74 Å². The van der Waals surface area contributed by atoms with E-state index in [4.69, 9.17) is 4.74 Å². The van der Waals surface area contributed by atoms with E-state index in [0.717, 1.165) is 12.1 Å². The van der Waals surface area contributed by atoms with Gasteiger partial charge < -0.3 is 10.1 Å². The molecule has 1 rings (SSSR count). The zero-order valence-corrected chi connectivity index (χ0v) is 11.2. The molecule has 0 radical (unpaired) electrons. The van der Waals surface area contributed by atoms with Gasteiger partial charge in [0.15, 0.2) is 0 Å². The van der Waals surface area contributed by atoms with Crippen LogP contribution in [0.1, 0.15) is 29.7 Å². The zero-order valence-electron chi connectivity index (χ0n) is 11.2. The van der Waals surface area contributed by atoms with E-state index >= 15 is 0 Å². The molecule has 1 aromatic carbocycles. The minimum Gasteiger partial charge on any atom is -0.374 e. The second kappa shape index (κ2) is 7.44. The molecule has 0 bridgehead atoms. The second-order valence-corrected chi connectivity index (χ2v) is 4.46. The zero-order chi connectivity index (χ0) is 13.5. The largest absolute Gasteiger partial charge is 0.374 e. The molecule has 0 saturated heterocycles. The molecule has 0 heterocycles. The predicted molar refractivity (Wildman–Crippen MR) is 69.2 cm³/mol. The van der Waals surface area contributed by atoms with Crippen LogP contribution in [0.2, 0.25) is 0 Å². The highest BCUT2D eigenvalue weighted by Gasteiger charge is 2.12. The van der Waals surface area contributed by atoms with Gasteiger partial charge in [-0.1, -0.05) is 36.2 Å². The molecule has 0 aromatic heterocycles. The van der Waals surface area contributed by atoms with Crippen molar-refractivity contribution in [3.63, 3.8) is 0 Å². The number of rotatable bonds is 7. The molecule has 1 atom stereocenters. The highest BCUT2D eigenvalue weighted by molar-refractivity contribution is 5.30. The molecule has 0 saturated carbocycles. The molecule has 1 N–H and O–H groups in total. The Labute approximate surface area is 107 Å². The van der Waals surface area contributed by atoms with Crippen molar-refractivity contribution in [3.8, 4) is 0 Å². The van der Waals surface area contributed by atoms with Gasteiger partial charge in [0.1, 0.15) is 6.61 Å². The van der Waals surface area contributed by atoms with Gasteiger partial charge in [0.05, 0.1) is 12.6 Å². The number of benzene rings is 1. The van der Waals surface area contributed by atoms with Crippen LogP contribution in [0, 0.1) is 13.8 Å². The predicted octanol–water partition coefficient (Wildman–Crippen LogP) is 3.24. The lowest BCUT2D eigenvalue weighted by atomic mass is 10.0. The molecular weight excluding hydrogens is 236 g/mol. The van der Waals surface area contributed by atoms with E-state index in [1.165, 1.54) is 11.1 Å². The van der Waals surface area contributed by atoms with E-state index < -0.39 is 13.0 Å². The van der Waals surface area contributed by atoms with Gasteiger partial charge in [-0.25, -0.2) is 8.78 Å². The van der Waals surface area contributed by atoms with Gasteiger partial charge in [-0.2, -0.15) is 0 Å². The Morgan fingerprint density at radius 2 is 1.72 bits per heavy atom. The minimum absolute atomic E-state index is 0.0349. The van der Waals surface area contributed by atoms with Gasteiger partial charge in [-0.3, -0.25) is 0 Å².